The van der Waals surface area contributed by atoms with E-state index in [-0.39, 0.29) is 5.41 Å². The molecule has 120 valence electrons. The van der Waals surface area contributed by atoms with Gasteiger partial charge in [-0.15, -0.1) is 0 Å². The first-order valence-corrected chi connectivity index (χ1v) is 8.63. The molecule has 0 atom stereocenters. The van der Waals surface area contributed by atoms with Crippen LogP contribution in [0.4, 0.5) is 0 Å². The minimum absolute atomic E-state index is 0.00277. The molecule has 0 aromatic carbocycles. The van der Waals surface area contributed by atoms with Gasteiger partial charge >= 0.3 is 5.97 Å². The van der Waals surface area contributed by atoms with Crippen LogP contribution in [0, 0.1) is 11.3 Å². The van der Waals surface area contributed by atoms with E-state index in [0.29, 0.717) is 41.6 Å². The zero-order chi connectivity index (χ0) is 15.2. The summed E-state index contributed by atoms with van der Waals surface area (Å²) in [6.45, 7) is 1.99. The molecule has 3 aliphatic heterocycles. The number of aromatic nitrogens is 1. The number of halogens is 2. The van der Waals surface area contributed by atoms with Crippen LogP contribution in [0.2, 0.25) is 10.3 Å². The third-order valence-electron chi connectivity index (χ3n) is 5.24. The van der Waals surface area contributed by atoms with Crippen LogP contribution in [-0.2, 0) is 20.2 Å². The van der Waals surface area contributed by atoms with Crippen molar-refractivity contribution in [2.45, 2.75) is 38.1 Å². The molecule has 0 unspecified atom stereocenters. The van der Waals surface area contributed by atoms with Crippen molar-refractivity contribution in [3.63, 3.8) is 0 Å². The summed E-state index contributed by atoms with van der Waals surface area (Å²) in [5.41, 5.74) is 0.678. The maximum atomic E-state index is 6.03. The standard InChI is InChI=1S/C16H19Cl2NO3/c17-13-6-12(7-14(18)19-13)16-20-8-15(9-21-16,10-22-16)11-4-2-1-3-5-11/h6-7,11H,1-5,8-10H2. The Morgan fingerprint density at radius 1 is 0.909 bits per heavy atom. The second-order valence-corrected chi connectivity index (χ2v) is 7.40. The van der Waals surface area contributed by atoms with E-state index >= 15 is 0 Å². The van der Waals surface area contributed by atoms with Crippen molar-refractivity contribution in [1.82, 2.24) is 4.98 Å². The number of ether oxygens (including phenoxy) is 3. The highest BCUT2D eigenvalue weighted by Crippen LogP contribution is 2.51. The van der Waals surface area contributed by atoms with Gasteiger partial charge in [0, 0.05) is 11.0 Å². The van der Waals surface area contributed by atoms with Gasteiger partial charge in [0.15, 0.2) is 0 Å². The molecule has 3 saturated heterocycles. The van der Waals surface area contributed by atoms with Gasteiger partial charge in [-0.1, -0.05) is 42.5 Å². The highest BCUT2D eigenvalue weighted by molar-refractivity contribution is 6.32. The summed E-state index contributed by atoms with van der Waals surface area (Å²) in [6.07, 6.45) is 6.43. The van der Waals surface area contributed by atoms with Crippen LogP contribution in [0.25, 0.3) is 0 Å². The van der Waals surface area contributed by atoms with Gasteiger partial charge in [-0.3, -0.25) is 0 Å². The van der Waals surface area contributed by atoms with E-state index in [0.717, 1.165) is 0 Å². The minimum Gasteiger partial charge on any atom is -0.323 e. The van der Waals surface area contributed by atoms with E-state index in [4.69, 9.17) is 37.4 Å². The Hall–Kier alpha value is -0.390. The molecule has 4 aliphatic rings. The van der Waals surface area contributed by atoms with Crippen molar-refractivity contribution >= 4 is 23.2 Å². The topological polar surface area (TPSA) is 40.6 Å². The van der Waals surface area contributed by atoms with Crippen molar-refractivity contribution < 1.29 is 14.2 Å². The summed E-state index contributed by atoms with van der Waals surface area (Å²) in [5.74, 6) is -0.545. The lowest BCUT2D eigenvalue weighted by atomic mass is 9.69. The zero-order valence-corrected chi connectivity index (χ0v) is 13.8. The quantitative estimate of drug-likeness (QED) is 0.756. The highest BCUT2D eigenvalue weighted by atomic mass is 35.5. The molecule has 6 heteroatoms. The molecule has 0 amide bonds. The van der Waals surface area contributed by atoms with Gasteiger partial charge in [-0.05, 0) is 30.9 Å². The van der Waals surface area contributed by atoms with Gasteiger partial charge in [0.05, 0.1) is 19.8 Å². The SMILES string of the molecule is Clc1cc(C23OCC(C4CCCCC4)(CO2)CO3)cc(Cl)n1. The average molecular weight is 344 g/mol. The van der Waals surface area contributed by atoms with E-state index in [9.17, 15) is 0 Å². The molecule has 1 aliphatic carbocycles. The second kappa shape index (κ2) is 5.60. The van der Waals surface area contributed by atoms with Gasteiger partial charge in [-0.25, -0.2) is 4.98 Å². The van der Waals surface area contributed by atoms with Crippen LogP contribution in [0.5, 0.6) is 0 Å². The fourth-order valence-corrected chi connectivity index (χ4v) is 4.39. The number of rotatable bonds is 2. The van der Waals surface area contributed by atoms with Gasteiger partial charge < -0.3 is 14.2 Å². The first kappa shape index (κ1) is 15.2. The lowest BCUT2D eigenvalue weighted by Gasteiger charge is -2.55. The zero-order valence-electron chi connectivity index (χ0n) is 12.3. The first-order chi connectivity index (χ1) is 10.6. The van der Waals surface area contributed by atoms with Crippen LogP contribution in [0.1, 0.15) is 37.7 Å². The maximum Gasteiger partial charge on any atom is 0.312 e. The van der Waals surface area contributed by atoms with Crippen molar-refractivity contribution in [2.24, 2.45) is 11.3 Å². The molecule has 0 radical (unpaired) electrons. The van der Waals surface area contributed by atoms with Gasteiger partial charge in [0.2, 0.25) is 0 Å². The van der Waals surface area contributed by atoms with Gasteiger partial charge in [0.25, 0.3) is 0 Å². The summed E-state index contributed by atoms with van der Waals surface area (Å²) in [5, 5.41) is 0.615. The summed E-state index contributed by atoms with van der Waals surface area (Å²) in [7, 11) is 0. The third-order valence-corrected chi connectivity index (χ3v) is 5.62. The largest absolute Gasteiger partial charge is 0.323 e. The number of nitrogens with zero attached hydrogens (tertiary/aromatic N) is 1. The van der Waals surface area contributed by atoms with E-state index in [1.54, 1.807) is 12.1 Å². The third kappa shape index (κ3) is 2.45. The molecule has 0 N–H and O–H groups in total. The Morgan fingerprint density at radius 3 is 2.00 bits per heavy atom. The summed E-state index contributed by atoms with van der Waals surface area (Å²) in [4.78, 5) is 3.96. The minimum atomic E-state index is -1.17. The normalized spacial score (nSPS) is 35.7. The second-order valence-electron chi connectivity index (χ2n) is 6.62. The molecule has 4 nitrogen and oxygen atoms in total. The molecule has 5 rings (SSSR count). The molecule has 1 aromatic rings. The van der Waals surface area contributed by atoms with Crippen LogP contribution < -0.4 is 0 Å². The Balaban J connectivity index is 1.57. The lowest BCUT2D eigenvalue weighted by Crippen LogP contribution is -2.61. The molecule has 22 heavy (non-hydrogen) atoms. The Kier molecular flexibility index (Phi) is 3.86. The van der Waals surface area contributed by atoms with Crippen LogP contribution >= 0.6 is 23.2 Å². The van der Waals surface area contributed by atoms with Crippen LogP contribution in [0.3, 0.4) is 0 Å². The number of hydrogen-bond donors (Lipinski definition) is 0. The van der Waals surface area contributed by atoms with E-state index in [1.807, 2.05) is 0 Å². The summed E-state index contributed by atoms with van der Waals surface area (Å²) >= 11 is 12.0. The molecular weight excluding hydrogens is 325 g/mol. The average Bonchev–Trinajstić information content (AvgIpc) is 2.56. The van der Waals surface area contributed by atoms with Gasteiger partial charge in [-0.2, -0.15) is 0 Å². The summed E-state index contributed by atoms with van der Waals surface area (Å²) in [6, 6.07) is 3.37. The van der Waals surface area contributed by atoms with Crippen molar-refractivity contribution in [3.05, 3.63) is 28.0 Å². The molecule has 0 spiro atoms. The first-order valence-electron chi connectivity index (χ1n) is 7.87. The molecular formula is C16H19Cl2NO3. The predicted molar refractivity (Wildman–Crippen MR) is 82.8 cm³/mol. The van der Waals surface area contributed by atoms with Crippen molar-refractivity contribution in [3.8, 4) is 0 Å². The molecule has 1 saturated carbocycles. The molecule has 1 aromatic heterocycles. The fraction of sp³-hybridized carbons (Fsp3) is 0.688. The van der Waals surface area contributed by atoms with Crippen molar-refractivity contribution in [2.75, 3.05) is 19.8 Å². The Morgan fingerprint density at radius 2 is 1.45 bits per heavy atom. The van der Waals surface area contributed by atoms with Crippen LogP contribution in [-0.4, -0.2) is 24.8 Å². The van der Waals surface area contributed by atoms with Crippen LogP contribution in [0.15, 0.2) is 12.1 Å². The smallest absolute Gasteiger partial charge is 0.312 e. The van der Waals surface area contributed by atoms with E-state index in [1.165, 1.54) is 32.1 Å². The Bertz CT molecular complexity index is 530. The molecule has 4 heterocycles. The fourth-order valence-electron chi connectivity index (χ4n) is 3.93. The molecule has 2 bridgehead atoms. The van der Waals surface area contributed by atoms with E-state index < -0.39 is 5.97 Å². The Labute approximate surface area is 140 Å². The number of pyridine rings is 1. The van der Waals surface area contributed by atoms with Crippen molar-refractivity contribution in [1.29, 1.82) is 0 Å². The number of fused-ring (bicyclic) bond motifs is 3. The lowest BCUT2D eigenvalue weighted by molar-refractivity contribution is -0.486. The predicted octanol–water partition coefficient (Wildman–Crippen LogP) is 4.14. The summed E-state index contributed by atoms with van der Waals surface area (Å²) < 4.78 is 18.1. The van der Waals surface area contributed by atoms with Gasteiger partial charge in [0.1, 0.15) is 10.3 Å². The van der Waals surface area contributed by atoms with E-state index in [2.05, 4.69) is 4.98 Å². The molecule has 4 fully saturated rings. The number of hydrogen-bond acceptors (Lipinski definition) is 4. The monoisotopic (exact) mass is 343 g/mol. The maximum absolute atomic E-state index is 6.03. The highest BCUT2D eigenvalue weighted by Gasteiger charge is 2.56.